The summed E-state index contributed by atoms with van der Waals surface area (Å²) >= 11 is 5.98. The number of anilines is 1. The Labute approximate surface area is 143 Å². The van der Waals surface area contributed by atoms with E-state index in [0.29, 0.717) is 0 Å². The van der Waals surface area contributed by atoms with Gasteiger partial charge < -0.3 is 15.4 Å². The van der Waals surface area contributed by atoms with Crippen molar-refractivity contribution < 1.29 is 24.0 Å². The molecule has 2 aromatic heterocycles. The Morgan fingerprint density at radius 3 is 2.60 bits per heavy atom. The summed E-state index contributed by atoms with van der Waals surface area (Å²) in [5.74, 6) is -0.820. The van der Waals surface area contributed by atoms with E-state index < -0.39 is 10.9 Å². The maximum Gasteiger partial charge on any atom is 0.300 e. The fourth-order valence-electron chi connectivity index (χ4n) is 1.57. The fourth-order valence-corrected chi connectivity index (χ4v) is 1.77. The number of non-ortho nitro benzene ring substituents is 1. The van der Waals surface area contributed by atoms with Gasteiger partial charge >= 0.3 is 0 Å². The third kappa shape index (κ3) is 4.26. The molecule has 2 heterocycles. The lowest BCUT2D eigenvalue weighted by Gasteiger charge is -1.98. The Morgan fingerprint density at radius 1 is 1.36 bits per heavy atom. The van der Waals surface area contributed by atoms with Crippen LogP contribution in [0.5, 0.6) is 0 Å². The Morgan fingerprint density at radius 2 is 2.04 bits per heavy atom. The van der Waals surface area contributed by atoms with Crippen LogP contribution in [0, 0.1) is 10.1 Å². The quantitative estimate of drug-likeness (QED) is 0.508. The zero-order chi connectivity index (χ0) is 18.6. The lowest BCUT2D eigenvalue weighted by Crippen LogP contribution is -1.91. The van der Waals surface area contributed by atoms with Crippen LogP contribution in [-0.2, 0) is 4.79 Å². The highest BCUT2D eigenvalue weighted by Crippen LogP contribution is 2.31. The van der Waals surface area contributed by atoms with Crippen molar-refractivity contribution in [2.75, 3.05) is 5.73 Å². The summed E-state index contributed by atoms with van der Waals surface area (Å²) in [5, 5.41) is 29.0. The molecule has 0 aliphatic heterocycles. The number of carboxylic acids is 1. The van der Waals surface area contributed by atoms with E-state index in [1.807, 2.05) is 0 Å². The van der Waals surface area contributed by atoms with Gasteiger partial charge in [0.25, 0.3) is 17.5 Å². The third-order valence-electron chi connectivity index (χ3n) is 2.54. The number of hydrogen-bond donors (Lipinski definition) is 2. The van der Waals surface area contributed by atoms with Crippen LogP contribution in [0.25, 0.3) is 23.0 Å². The number of nitro groups is 1. The lowest BCUT2D eigenvalue weighted by molar-refractivity contribution is -0.384. The summed E-state index contributed by atoms with van der Waals surface area (Å²) in [5.41, 5.74) is 5.68. The van der Waals surface area contributed by atoms with Crippen LogP contribution in [0.3, 0.4) is 0 Å². The molecule has 0 aliphatic rings. The molecule has 12 nitrogen and oxygen atoms in total. The minimum Gasteiger partial charge on any atom is -0.481 e. The normalized spacial score (nSPS) is 10.0. The largest absolute Gasteiger partial charge is 0.481 e. The molecular weight excluding hydrogens is 360 g/mol. The molecule has 3 N–H and O–H groups in total. The van der Waals surface area contributed by atoms with E-state index in [4.69, 9.17) is 31.8 Å². The average Bonchev–Trinajstić information content (AvgIpc) is 3.15. The van der Waals surface area contributed by atoms with E-state index in [9.17, 15) is 10.1 Å². The molecule has 0 fully saturated rings. The Balaban J connectivity index is 0.000000511. The summed E-state index contributed by atoms with van der Waals surface area (Å²) in [6.07, 6.45) is 0. The molecule has 0 unspecified atom stereocenters. The number of nitro benzene ring substituents is 1. The number of halogens is 1. The van der Waals surface area contributed by atoms with Gasteiger partial charge in [-0.1, -0.05) is 16.8 Å². The van der Waals surface area contributed by atoms with Gasteiger partial charge in [0.15, 0.2) is 11.5 Å². The number of rotatable bonds is 3. The van der Waals surface area contributed by atoms with Crippen molar-refractivity contribution >= 4 is 29.1 Å². The predicted octanol–water partition coefficient (Wildman–Crippen LogP) is 2.02. The second kappa shape index (κ2) is 7.35. The van der Waals surface area contributed by atoms with Crippen LogP contribution in [-0.4, -0.2) is 36.5 Å². The number of nitrogens with zero attached hydrogens (tertiary/aromatic N) is 5. The number of aromatic nitrogens is 4. The van der Waals surface area contributed by atoms with Gasteiger partial charge in [-0.15, -0.1) is 0 Å². The van der Waals surface area contributed by atoms with Crippen molar-refractivity contribution in [1.29, 1.82) is 0 Å². The predicted molar refractivity (Wildman–Crippen MR) is 82.4 cm³/mol. The topological polar surface area (TPSA) is 184 Å². The van der Waals surface area contributed by atoms with E-state index in [-0.39, 0.29) is 39.5 Å². The van der Waals surface area contributed by atoms with Crippen LogP contribution in [0.4, 0.5) is 11.5 Å². The minimum atomic E-state index is -0.833. The van der Waals surface area contributed by atoms with Gasteiger partial charge in [-0.2, -0.15) is 4.98 Å². The van der Waals surface area contributed by atoms with E-state index in [1.165, 1.54) is 18.2 Å². The van der Waals surface area contributed by atoms with E-state index >= 15 is 0 Å². The highest BCUT2D eigenvalue weighted by Gasteiger charge is 2.20. The third-order valence-corrected chi connectivity index (χ3v) is 2.87. The number of carbonyl (C=O) groups is 1. The summed E-state index contributed by atoms with van der Waals surface area (Å²) in [7, 11) is 0. The molecule has 3 aromatic rings. The Bertz CT molecular complexity index is 918. The van der Waals surface area contributed by atoms with Crippen molar-refractivity contribution in [2.45, 2.75) is 6.92 Å². The van der Waals surface area contributed by atoms with Crippen LogP contribution in [0.1, 0.15) is 6.92 Å². The first-order valence-electron chi connectivity index (χ1n) is 6.35. The number of aliphatic carboxylic acids is 1. The van der Waals surface area contributed by atoms with Gasteiger partial charge in [0.1, 0.15) is 0 Å². The second-order valence-corrected chi connectivity index (χ2v) is 4.77. The summed E-state index contributed by atoms with van der Waals surface area (Å²) < 4.78 is 9.44. The average molecular weight is 369 g/mol. The Kier molecular flexibility index (Phi) is 5.24. The second-order valence-electron chi connectivity index (χ2n) is 4.36. The van der Waals surface area contributed by atoms with Gasteiger partial charge in [-0.3, -0.25) is 14.9 Å². The highest BCUT2D eigenvalue weighted by molar-refractivity contribution is 6.33. The molecule has 0 amide bonds. The first-order valence-corrected chi connectivity index (χ1v) is 6.73. The van der Waals surface area contributed by atoms with Crippen molar-refractivity contribution in [1.82, 2.24) is 20.5 Å². The van der Waals surface area contributed by atoms with Gasteiger partial charge in [0, 0.05) is 19.1 Å². The van der Waals surface area contributed by atoms with Crippen LogP contribution >= 0.6 is 11.6 Å². The number of carboxylic acid groups (broad SMARTS) is 1. The van der Waals surface area contributed by atoms with Gasteiger partial charge in [-0.25, -0.2) is 4.63 Å². The number of nitrogens with two attached hydrogens (primary N) is 1. The summed E-state index contributed by atoms with van der Waals surface area (Å²) in [4.78, 5) is 23.2. The summed E-state index contributed by atoms with van der Waals surface area (Å²) in [6.45, 7) is 1.08. The first kappa shape index (κ1) is 17.8. The maximum atomic E-state index is 10.8. The fraction of sp³-hybridized carbons (Fsp3) is 0.0833. The van der Waals surface area contributed by atoms with Crippen molar-refractivity contribution in [3.8, 4) is 23.0 Å². The highest BCUT2D eigenvalue weighted by atomic mass is 35.5. The SMILES string of the molecule is CC(=O)O.Nc1nonc1-c1noc(-c2cc([N+](=O)[O-])ccc2Cl)n1. The standard InChI is InChI=1S/C10H5ClN6O4.C2H4O2/c11-6-2-1-4(17(18)19)3-5(6)10-13-9(16-20-10)7-8(12)15-21-14-7;1-2(3)4/h1-3H,(H2,12,15);1H3,(H,3,4). The molecule has 0 bridgehead atoms. The minimum absolute atomic E-state index is 0.00695. The smallest absolute Gasteiger partial charge is 0.300 e. The molecule has 130 valence electrons. The molecule has 0 saturated heterocycles. The zero-order valence-electron chi connectivity index (χ0n) is 12.4. The molecule has 0 radical (unpaired) electrons. The molecule has 3 rings (SSSR count). The molecule has 0 spiro atoms. The lowest BCUT2D eigenvalue weighted by atomic mass is 10.2. The molecule has 1 aromatic carbocycles. The van der Waals surface area contributed by atoms with Crippen LogP contribution in [0.2, 0.25) is 5.02 Å². The first-order chi connectivity index (χ1) is 11.8. The maximum absolute atomic E-state index is 10.8. The zero-order valence-corrected chi connectivity index (χ0v) is 13.2. The van der Waals surface area contributed by atoms with Gasteiger partial charge in [0.05, 0.1) is 15.5 Å². The number of benzene rings is 1. The van der Waals surface area contributed by atoms with Gasteiger partial charge in [0.2, 0.25) is 5.82 Å². The van der Waals surface area contributed by atoms with Crippen molar-refractivity contribution in [3.63, 3.8) is 0 Å². The van der Waals surface area contributed by atoms with Crippen LogP contribution in [0.15, 0.2) is 27.4 Å². The molecule has 0 saturated carbocycles. The monoisotopic (exact) mass is 368 g/mol. The van der Waals surface area contributed by atoms with E-state index in [1.54, 1.807) is 0 Å². The molecular formula is C12H9ClN6O6. The number of hydrogen-bond acceptors (Lipinski definition) is 10. The van der Waals surface area contributed by atoms with E-state index in [2.05, 4.69) is 25.1 Å². The summed E-state index contributed by atoms with van der Waals surface area (Å²) in [6, 6.07) is 3.86. The van der Waals surface area contributed by atoms with Crippen molar-refractivity contribution in [3.05, 3.63) is 33.3 Å². The Hall–Kier alpha value is -3.54. The van der Waals surface area contributed by atoms with E-state index in [0.717, 1.165) is 6.92 Å². The molecule has 0 aliphatic carbocycles. The molecule has 25 heavy (non-hydrogen) atoms. The van der Waals surface area contributed by atoms with Crippen LogP contribution < -0.4 is 5.73 Å². The van der Waals surface area contributed by atoms with Crippen molar-refractivity contribution in [2.24, 2.45) is 0 Å². The molecule has 0 atom stereocenters. The van der Waals surface area contributed by atoms with Gasteiger partial charge in [-0.05, 0) is 16.4 Å². The molecule has 13 heteroatoms. The number of nitrogen functional groups attached to an aromatic ring is 1.